The minimum Gasteiger partial charge on any atom is -0.278 e. The number of rotatable bonds is 6. The van der Waals surface area contributed by atoms with Gasteiger partial charge in [-0.05, 0) is 56.3 Å². The molecular formula is C21H20N6O. The van der Waals surface area contributed by atoms with E-state index in [-0.39, 0.29) is 5.91 Å². The highest BCUT2D eigenvalue weighted by molar-refractivity contribution is 6.00. The lowest BCUT2D eigenvalue weighted by Crippen LogP contribution is -2.19. The molecule has 1 aromatic carbocycles. The third-order valence-electron chi connectivity index (χ3n) is 3.87. The van der Waals surface area contributed by atoms with E-state index >= 15 is 0 Å². The van der Waals surface area contributed by atoms with Crippen molar-refractivity contribution in [3.05, 3.63) is 90.0 Å². The van der Waals surface area contributed by atoms with Crippen LogP contribution < -0.4 is 10.9 Å². The maximum atomic E-state index is 12.4. The molecule has 0 unspecified atom stereocenters. The number of nitrogens with zero attached hydrogens (tertiary/aromatic N) is 4. The Morgan fingerprint density at radius 2 is 1.46 bits per heavy atom. The van der Waals surface area contributed by atoms with E-state index in [1.54, 1.807) is 37.5 Å². The van der Waals surface area contributed by atoms with Gasteiger partial charge in [0.15, 0.2) is 0 Å². The van der Waals surface area contributed by atoms with E-state index in [2.05, 4.69) is 31.0 Å². The van der Waals surface area contributed by atoms with Gasteiger partial charge in [0, 0.05) is 18.0 Å². The first-order valence-electron chi connectivity index (χ1n) is 8.71. The van der Waals surface area contributed by atoms with Crippen LogP contribution in [0.25, 0.3) is 0 Å². The molecule has 0 aliphatic rings. The largest absolute Gasteiger partial charge is 0.278 e. The number of hydrogen-bond acceptors (Lipinski definition) is 6. The van der Waals surface area contributed by atoms with Gasteiger partial charge >= 0.3 is 0 Å². The minimum atomic E-state index is -0.315. The summed E-state index contributed by atoms with van der Waals surface area (Å²) in [6, 6.07) is 18.2. The molecule has 3 aromatic rings. The molecule has 0 saturated carbocycles. The minimum absolute atomic E-state index is 0.315. The van der Waals surface area contributed by atoms with Crippen LogP contribution in [0.3, 0.4) is 0 Å². The molecule has 2 heterocycles. The molecular weight excluding hydrogens is 352 g/mol. The summed E-state index contributed by atoms with van der Waals surface area (Å²) >= 11 is 0. The molecule has 0 aliphatic carbocycles. The van der Waals surface area contributed by atoms with Gasteiger partial charge < -0.3 is 0 Å². The summed E-state index contributed by atoms with van der Waals surface area (Å²) in [5, 5.41) is 8.43. The normalized spacial score (nSPS) is 11.8. The Hall–Kier alpha value is -3.87. The first-order valence-corrected chi connectivity index (χ1v) is 8.71. The molecule has 0 saturated heterocycles. The van der Waals surface area contributed by atoms with E-state index in [0.29, 0.717) is 22.7 Å². The van der Waals surface area contributed by atoms with Crippen LogP contribution in [0.1, 0.15) is 35.6 Å². The highest BCUT2D eigenvalue weighted by Gasteiger charge is 2.06. The highest BCUT2D eigenvalue weighted by Crippen LogP contribution is 2.11. The monoisotopic (exact) mass is 372 g/mol. The number of hydrogen-bond donors (Lipinski definition) is 2. The average Bonchev–Trinajstić information content (AvgIpc) is 2.77. The summed E-state index contributed by atoms with van der Waals surface area (Å²) in [7, 11) is 0. The number of hydrazone groups is 2. The van der Waals surface area contributed by atoms with E-state index in [1.165, 1.54) is 0 Å². The van der Waals surface area contributed by atoms with Gasteiger partial charge in [0.05, 0.1) is 28.5 Å². The van der Waals surface area contributed by atoms with Gasteiger partial charge in [-0.15, -0.1) is 0 Å². The van der Waals surface area contributed by atoms with Crippen molar-refractivity contribution < 1.29 is 4.79 Å². The predicted octanol–water partition coefficient (Wildman–Crippen LogP) is 3.47. The predicted molar refractivity (Wildman–Crippen MR) is 110 cm³/mol. The van der Waals surface area contributed by atoms with Gasteiger partial charge in [-0.25, -0.2) is 5.43 Å². The quantitative estimate of drug-likeness (QED) is 0.512. The first-order chi connectivity index (χ1) is 13.6. The Morgan fingerprint density at radius 3 is 2.07 bits per heavy atom. The second kappa shape index (κ2) is 9.18. The number of amides is 1. The number of carbonyl (C=O) groups is 1. The molecule has 140 valence electrons. The molecule has 28 heavy (non-hydrogen) atoms. The van der Waals surface area contributed by atoms with Gasteiger partial charge in [0.25, 0.3) is 5.91 Å². The molecule has 0 bridgehead atoms. The summed E-state index contributed by atoms with van der Waals surface area (Å²) < 4.78 is 0. The van der Waals surface area contributed by atoms with E-state index in [4.69, 9.17) is 0 Å². The maximum Gasteiger partial charge on any atom is 0.271 e. The summed E-state index contributed by atoms with van der Waals surface area (Å²) in [4.78, 5) is 20.8. The number of anilines is 1. The van der Waals surface area contributed by atoms with Crippen LogP contribution in [0.5, 0.6) is 0 Å². The van der Waals surface area contributed by atoms with Crippen LogP contribution in [0.15, 0.2) is 83.3 Å². The molecule has 0 spiro atoms. The molecule has 7 heteroatoms. The molecule has 1 amide bonds. The fraction of sp³-hybridized carbons (Fsp3) is 0.0952. The lowest BCUT2D eigenvalue weighted by molar-refractivity contribution is 0.0955. The lowest BCUT2D eigenvalue weighted by atomic mass is 10.2. The molecule has 0 fully saturated rings. The second-order valence-electron chi connectivity index (χ2n) is 5.96. The third-order valence-corrected chi connectivity index (χ3v) is 3.87. The zero-order chi connectivity index (χ0) is 19.8. The fourth-order valence-corrected chi connectivity index (χ4v) is 2.35. The van der Waals surface area contributed by atoms with E-state index in [0.717, 1.165) is 11.4 Å². The zero-order valence-corrected chi connectivity index (χ0v) is 15.6. The van der Waals surface area contributed by atoms with Crippen molar-refractivity contribution in [1.29, 1.82) is 0 Å². The van der Waals surface area contributed by atoms with Crippen molar-refractivity contribution >= 4 is 23.0 Å². The Bertz CT molecular complexity index is 1000. The number of nitrogens with one attached hydrogen (secondary N) is 2. The Morgan fingerprint density at radius 1 is 0.821 bits per heavy atom. The molecule has 2 aromatic heterocycles. The van der Waals surface area contributed by atoms with Crippen molar-refractivity contribution in [2.45, 2.75) is 13.8 Å². The molecule has 7 nitrogen and oxygen atoms in total. The van der Waals surface area contributed by atoms with Crippen LogP contribution in [0.2, 0.25) is 0 Å². The maximum absolute atomic E-state index is 12.4. The Labute approximate surface area is 163 Å². The SMILES string of the molecule is CC(=NNC(=O)c1cccc(NN=C(C)c2ccccn2)c1)c1ccccn1. The van der Waals surface area contributed by atoms with Crippen molar-refractivity contribution in [1.82, 2.24) is 15.4 Å². The lowest BCUT2D eigenvalue weighted by Gasteiger charge is -2.06. The topological polar surface area (TPSA) is 91.6 Å². The second-order valence-corrected chi connectivity index (χ2v) is 5.96. The molecule has 0 radical (unpaired) electrons. The van der Waals surface area contributed by atoms with Crippen LogP contribution >= 0.6 is 0 Å². The highest BCUT2D eigenvalue weighted by atomic mass is 16.2. The van der Waals surface area contributed by atoms with Crippen LogP contribution in [-0.2, 0) is 0 Å². The van der Waals surface area contributed by atoms with Gasteiger partial charge in [0.1, 0.15) is 0 Å². The van der Waals surface area contributed by atoms with Crippen molar-refractivity contribution in [2.24, 2.45) is 10.2 Å². The van der Waals surface area contributed by atoms with Gasteiger partial charge in [0.2, 0.25) is 0 Å². The molecule has 0 atom stereocenters. The third kappa shape index (κ3) is 5.07. The summed E-state index contributed by atoms with van der Waals surface area (Å²) in [5.74, 6) is -0.315. The van der Waals surface area contributed by atoms with Crippen LogP contribution in [0, 0.1) is 0 Å². The zero-order valence-electron chi connectivity index (χ0n) is 15.6. The number of pyridine rings is 2. The van der Waals surface area contributed by atoms with Crippen molar-refractivity contribution in [3.8, 4) is 0 Å². The molecule has 0 aliphatic heterocycles. The number of carbonyl (C=O) groups excluding carboxylic acids is 1. The smallest absolute Gasteiger partial charge is 0.271 e. The van der Waals surface area contributed by atoms with Gasteiger partial charge in [-0.2, -0.15) is 10.2 Å². The fourth-order valence-electron chi connectivity index (χ4n) is 2.35. The van der Waals surface area contributed by atoms with Crippen molar-refractivity contribution in [3.63, 3.8) is 0 Å². The molecule has 3 rings (SSSR count). The van der Waals surface area contributed by atoms with E-state index in [9.17, 15) is 4.79 Å². The van der Waals surface area contributed by atoms with E-state index < -0.39 is 0 Å². The molecule has 2 N–H and O–H groups in total. The standard InChI is InChI=1S/C21H20N6O/c1-15(19-10-3-5-12-22-19)24-26-18-9-7-8-17(14-18)21(28)27-25-16(2)20-11-4-6-13-23-20/h3-14,26H,1-2H3,(H,27,28). The van der Waals surface area contributed by atoms with Crippen LogP contribution in [-0.4, -0.2) is 27.3 Å². The summed E-state index contributed by atoms with van der Waals surface area (Å²) in [5.41, 5.74) is 9.51. The summed E-state index contributed by atoms with van der Waals surface area (Å²) in [6.07, 6.45) is 3.39. The van der Waals surface area contributed by atoms with Crippen molar-refractivity contribution in [2.75, 3.05) is 5.43 Å². The van der Waals surface area contributed by atoms with E-state index in [1.807, 2.05) is 49.4 Å². The Kier molecular flexibility index (Phi) is 6.20. The van der Waals surface area contributed by atoms with Gasteiger partial charge in [-0.3, -0.25) is 20.2 Å². The Balaban J connectivity index is 1.66. The number of aromatic nitrogens is 2. The summed E-state index contributed by atoms with van der Waals surface area (Å²) in [6.45, 7) is 3.65. The number of benzene rings is 1. The average molecular weight is 372 g/mol. The first kappa shape index (κ1) is 18.9. The van der Waals surface area contributed by atoms with Crippen LogP contribution in [0.4, 0.5) is 5.69 Å². The van der Waals surface area contributed by atoms with Gasteiger partial charge in [-0.1, -0.05) is 18.2 Å².